The lowest BCUT2D eigenvalue weighted by Crippen LogP contribution is -3.01. The molecule has 35 heavy (non-hydrogen) atoms. The molecule has 12 atom stereocenters. The minimum absolute atomic E-state index is 0.0161. The van der Waals surface area contributed by atoms with Gasteiger partial charge in [0.2, 0.25) is 5.72 Å². The standard InChI is InChI=1S/C32H55NO2/c1-21-10-15-32(33-19-21)22(2)31(9)29(7)17-16-26(4)24(27(29,5)20-30(31,8)35-32)12-13-25(3)18-23(34)11-14-28(25,26)6/h21-24,33-34H,10-20H2,1-9H3/p+1/t21-,22-,23-,24+,25-,26-,27-,28-,29-,30-,31+,32-/m0/s1. The predicted octanol–water partition coefficient (Wildman–Crippen LogP) is 6.29. The maximum Gasteiger partial charge on any atom is 0.203 e. The third-order valence-electron chi connectivity index (χ3n) is 16.0. The normalized spacial score (nSPS) is 66.0. The van der Waals surface area contributed by atoms with Crippen molar-refractivity contribution in [2.75, 3.05) is 6.54 Å². The summed E-state index contributed by atoms with van der Waals surface area (Å²) >= 11 is 0. The largest absolute Gasteiger partial charge is 0.393 e. The van der Waals surface area contributed by atoms with Gasteiger partial charge in [-0.25, -0.2) is 0 Å². The molecule has 0 radical (unpaired) electrons. The number of hydrogen-bond acceptors (Lipinski definition) is 2. The quantitative estimate of drug-likeness (QED) is 0.422. The van der Waals surface area contributed by atoms with Gasteiger partial charge in [-0.15, -0.1) is 0 Å². The van der Waals surface area contributed by atoms with Gasteiger partial charge in [0.05, 0.1) is 18.2 Å². The smallest absolute Gasteiger partial charge is 0.203 e. The molecule has 6 aliphatic rings. The van der Waals surface area contributed by atoms with Crippen molar-refractivity contribution >= 4 is 0 Å². The summed E-state index contributed by atoms with van der Waals surface area (Å²) in [5.41, 5.74) is 1.63. The van der Waals surface area contributed by atoms with E-state index in [1.807, 2.05) is 0 Å². The van der Waals surface area contributed by atoms with Crippen LogP contribution in [0.25, 0.3) is 0 Å². The van der Waals surface area contributed by atoms with E-state index in [9.17, 15) is 5.11 Å². The van der Waals surface area contributed by atoms with Crippen LogP contribution in [-0.2, 0) is 4.74 Å². The highest BCUT2D eigenvalue weighted by molar-refractivity contribution is 5.30. The lowest BCUT2D eigenvalue weighted by molar-refractivity contribution is -0.788. The lowest BCUT2D eigenvalue weighted by Gasteiger charge is -2.73. The summed E-state index contributed by atoms with van der Waals surface area (Å²) in [4.78, 5) is 0. The van der Waals surface area contributed by atoms with Gasteiger partial charge in [0.1, 0.15) is 0 Å². The van der Waals surface area contributed by atoms with Gasteiger partial charge in [0.25, 0.3) is 0 Å². The van der Waals surface area contributed by atoms with Gasteiger partial charge in [-0.2, -0.15) is 0 Å². The second kappa shape index (κ2) is 6.90. The van der Waals surface area contributed by atoms with Gasteiger partial charge in [-0.05, 0) is 97.7 Å². The molecule has 2 aliphatic heterocycles. The highest BCUT2D eigenvalue weighted by atomic mass is 16.5. The molecular formula is C32H56NO2+. The molecule has 0 amide bonds. The molecule has 0 aromatic heterocycles. The van der Waals surface area contributed by atoms with Gasteiger partial charge in [-0.3, -0.25) is 0 Å². The van der Waals surface area contributed by atoms with E-state index in [0.29, 0.717) is 22.2 Å². The third kappa shape index (κ3) is 2.52. The van der Waals surface area contributed by atoms with Crippen LogP contribution >= 0.6 is 0 Å². The molecule has 2 saturated heterocycles. The van der Waals surface area contributed by atoms with Crippen LogP contribution in [0.1, 0.15) is 127 Å². The molecule has 2 heterocycles. The predicted molar refractivity (Wildman–Crippen MR) is 142 cm³/mol. The van der Waals surface area contributed by atoms with Crippen LogP contribution in [0.4, 0.5) is 0 Å². The molecule has 3 heteroatoms. The molecule has 0 aromatic rings. The Balaban J connectivity index is 1.42. The Morgan fingerprint density at radius 3 is 2.14 bits per heavy atom. The Hall–Kier alpha value is -0.120. The maximum atomic E-state index is 10.7. The van der Waals surface area contributed by atoms with E-state index in [2.05, 4.69) is 67.6 Å². The number of rotatable bonds is 0. The number of fused-ring (bicyclic) bond motifs is 7. The zero-order valence-corrected chi connectivity index (χ0v) is 24.5. The van der Waals surface area contributed by atoms with Crippen molar-refractivity contribution in [2.24, 2.45) is 50.2 Å². The van der Waals surface area contributed by atoms with Crippen molar-refractivity contribution in [1.29, 1.82) is 0 Å². The number of nitrogens with two attached hydrogens (primary N) is 1. The summed E-state index contributed by atoms with van der Waals surface area (Å²) in [6, 6.07) is 0. The van der Waals surface area contributed by atoms with Crippen molar-refractivity contribution in [2.45, 2.75) is 144 Å². The molecule has 6 fully saturated rings. The van der Waals surface area contributed by atoms with E-state index >= 15 is 0 Å². The molecule has 3 N–H and O–H groups in total. The molecule has 6 rings (SSSR count). The van der Waals surface area contributed by atoms with Crippen LogP contribution in [0, 0.1) is 50.2 Å². The zero-order valence-electron chi connectivity index (χ0n) is 24.5. The Morgan fingerprint density at radius 2 is 1.49 bits per heavy atom. The first-order valence-electron chi connectivity index (χ1n) is 15.3. The topological polar surface area (TPSA) is 46.1 Å². The van der Waals surface area contributed by atoms with Crippen LogP contribution < -0.4 is 5.32 Å². The van der Waals surface area contributed by atoms with Crippen LogP contribution in [0.2, 0.25) is 0 Å². The monoisotopic (exact) mass is 486 g/mol. The Morgan fingerprint density at radius 1 is 0.771 bits per heavy atom. The van der Waals surface area contributed by atoms with Crippen molar-refractivity contribution < 1.29 is 15.2 Å². The number of aliphatic hydroxyl groups is 1. The molecule has 200 valence electrons. The van der Waals surface area contributed by atoms with Crippen molar-refractivity contribution in [3.8, 4) is 0 Å². The van der Waals surface area contributed by atoms with Crippen LogP contribution in [-0.4, -0.2) is 29.1 Å². The van der Waals surface area contributed by atoms with Crippen molar-refractivity contribution in [3.05, 3.63) is 0 Å². The molecule has 0 bridgehead atoms. The highest BCUT2D eigenvalue weighted by Gasteiger charge is 2.84. The van der Waals surface area contributed by atoms with Gasteiger partial charge in [-0.1, -0.05) is 55.4 Å². The number of quaternary nitrogens is 1. The van der Waals surface area contributed by atoms with Gasteiger partial charge in [0, 0.05) is 23.7 Å². The Labute approximate surface area is 215 Å². The first-order valence-corrected chi connectivity index (χ1v) is 15.3. The Kier molecular flexibility index (Phi) is 4.96. The van der Waals surface area contributed by atoms with E-state index in [4.69, 9.17) is 4.74 Å². The van der Waals surface area contributed by atoms with Crippen molar-refractivity contribution in [3.63, 3.8) is 0 Å². The summed E-state index contributed by atoms with van der Waals surface area (Å²) in [7, 11) is 0. The number of hydrogen-bond donors (Lipinski definition) is 2. The SMILES string of the molecule is C[C@H]1CC[C@]2([NH2+]C1)O[C@@]1(C)C[C@@]3(C)[C@@H]4CC[C@@]5(C)C[C@@H](O)CC[C@]5(C)[C@@]4(C)CC[C@]3(C)[C@@]1(C)[C@@H]2C. The summed E-state index contributed by atoms with van der Waals surface area (Å²) in [5.74, 6) is 2.11. The summed E-state index contributed by atoms with van der Waals surface area (Å²) in [6.07, 6.45) is 12.1. The minimum atomic E-state index is -0.0961. The van der Waals surface area contributed by atoms with E-state index in [1.54, 1.807) is 0 Å². The summed E-state index contributed by atoms with van der Waals surface area (Å²) < 4.78 is 7.48. The fourth-order valence-electron chi connectivity index (χ4n) is 13.1. The summed E-state index contributed by atoms with van der Waals surface area (Å²) in [5, 5.41) is 13.3. The lowest BCUT2D eigenvalue weighted by atomic mass is 9.31. The van der Waals surface area contributed by atoms with Crippen LogP contribution in [0.5, 0.6) is 0 Å². The van der Waals surface area contributed by atoms with E-state index in [-0.39, 0.29) is 33.7 Å². The van der Waals surface area contributed by atoms with Crippen LogP contribution in [0.15, 0.2) is 0 Å². The number of ether oxygens (including phenoxy) is 1. The molecular weight excluding hydrogens is 430 g/mol. The molecule has 1 spiro atoms. The molecule has 0 unspecified atom stereocenters. The maximum absolute atomic E-state index is 10.7. The average molecular weight is 487 g/mol. The summed E-state index contributed by atoms with van der Waals surface area (Å²) in [6.45, 7) is 24.7. The van der Waals surface area contributed by atoms with Crippen molar-refractivity contribution in [1.82, 2.24) is 0 Å². The fourth-order valence-corrected chi connectivity index (χ4v) is 13.1. The highest BCUT2D eigenvalue weighted by Crippen LogP contribution is 2.85. The van der Waals surface area contributed by atoms with Crippen LogP contribution in [0.3, 0.4) is 0 Å². The minimum Gasteiger partial charge on any atom is -0.393 e. The second-order valence-corrected chi connectivity index (χ2v) is 16.5. The molecule has 4 saturated carbocycles. The van der Waals surface area contributed by atoms with E-state index in [0.717, 1.165) is 24.7 Å². The van der Waals surface area contributed by atoms with E-state index in [1.165, 1.54) is 57.9 Å². The average Bonchev–Trinajstić information content (AvgIpc) is 3.02. The first-order chi connectivity index (χ1) is 16.1. The number of aliphatic hydroxyl groups excluding tert-OH is 1. The third-order valence-corrected chi connectivity index (χ3v) is 16.0. The van der Waals surface area contributed by atoms with Gasteiger partial charge in [0.15, 0.2) is 0 Å². The molecule has 3 nitrogen and oxygen atoms in total. The molecule has 0 aromatic carbocycles. The van der Waals surface area contributed by atoms with E-state index < -0.39 is 0 Å². The Bertz CT molecular complexity index is 911. The molecule has 4 aliphatic carbocycles. The number of piperidine rings is 1. The zero-order chi connectivity index (χ0) is 25.5. The fraction of sp³-hybridized carbons (Fsp3) is 1.00. The van der Waals surface area contributed by atoms with Gasteiger partial charge >= 0.3 is 0 Å². The first kappa shape index (κ1) is 25.2. The second-order valence-electron chi connectivity index (χ2n) is 16.5. The van der Waals surface area contributed by atoms with Gasteiger partial charge < -0.3 is 15.2 Å².